The van der Waals surface area contributed by atoms with Crippen LogP contribution in [0.1, 0.15) is 11.6 Å². The molecule has 1 aliphatic rings. The number of nitrogens with zero attached hydrogens (tertiary/aromatic N) is 3. The number of anilines is 1. The van der Waals surface area contributed by atoms with Gasteiger partial charge in [-0.2, -0.15) is 4.98 Å². The van der Waals surface area contributed by atoms with E-state index < -0.39 is 12.0 Å². The highest BCUT2D eigenvalue weighted by molar-refractivity contribution is 5.90. The molecule has 3 aromatic rings. The smallest absolute Gasteiger partial charge is 0.352 e. The van der Waals surface area contributed by atoms with Crippen LogP contribution in [0, 0.1) is 0 Å². The normalized spacial score (nSPS) is 15.7. The average molecular weight is 350 g/mol. The van der Waals surface area contributed by atoms with Gasteiger partial charge >= 0.3 is 5.97 Å². The summed E-state index contributed by atoms with van der Waals surface area (Å²) in [5, 5.41) is 35.9. The molecule has 1 aliphatic heterocycles. The zero-order valence-electron chi connectivity index (χ0n) is 13.4. The number of carboxylic acids is 1. The minimum Gasteiger partial charge on any atom is -0.504 e. The Labute approximate surface area is 147 Å². The molecule has 8 nitrogen and oxygen atoms in total. The van der Waals surface area contributed by atoms with Gasteiger partial charge in [-0.3, -0.25) is 0 Å². The third kappa shape index (κ3) is 2.63. The van der Waals surface area contributed by atoms with Crippen molar-refractivity contribution in [2.45, 2.75) is 6.04 Å². The highest BCUT2D eigenvalue weighted by Crippen LogP contribution is 2.34. The van der Waals surface area contributed by atoms with Crippen molar-refractivity contribution in [3.05, 3.63) is 65.9 Å². The summed E-state index contributed by atoms with van der Waals surface area (Å²) in [6, 6.07) is 13.0. The fraction of sp³-hybridized carbons (Fsp3) is 0.0556. The summed E-state index contributed by atoms with van der Waals surface area (Å²) in [6.07, 6.45) is 1.48. The molecule has 0 bridgehead atoms. The lowest BCUT2D eigenvalue weighted by Crippen LogP contribution is -2.24. The first-order chi connectivity index (χ1) is 12.5. The summed E-state index contributed by atoms with van der Waals surface area (Å²) in [6.45, 7) is 0. The van der Waals surface area contributed by atoms with Crippen LogP contribution in [-0.4, -0.2) is 36.1 Å². The van der Waals surface area contributed by atoms with Gasteiger partial charge in [0.15, 0.2) is 17.3 Å². The number of phenols is 2. The Morgan fingerprint density at radius 1 is 1.08 bits per heavy atom. The number of carboxylic acid groups (broad SMARTS) is 1. The van der Waals surface area contributed by atoms with Gasteiger partial charge < -0.3 is 20.6 Å². The Bertz CT molecular complexity index is 1030. The number of aliphatic carboxylic acids is 1. The van der Waals surface area contributed by atoms with Crippen molar-refractivity contribution >= 4 is 11.9 Å². The number of aromatic nitrogens is 3. The largest absolute Gasteiger partial charge is 0.504 e. The van der Waals surface area contributed by atoms with Crippen LogP contribution in [0.4, 0.5) is 5.95 Å². The van der Waals surface area contributed by atoms with Crippen LogP contribution in [0.2, 0.25) is 0 Å². The molecule has 2 heterocycles. The number of carbonyl (C=O) groups is 1. The minimum atomic E-state index is -1.13. The number of allylic oxidation sites excluding steroid dienone is 1. The molecule has 1 aromatic heterocycles. The number of benzene rings is 2. The standard InChI is InChI=1S/C18H14N4O4/c23-14-7-6-11(8-15(14)24)13-9-12(17(25)26)19-18-20-16(21-22(13)18)10-4-2-1-3-5-10/h1-9,13,23-24H,(H,25,26)(H,19,20,21)/t13-/m1/s1. The van der Waals surface area contributed by atoms with Gasteiger partial charge in [-0.05, 0) is 23.8 Å². The summed E-state index contributed by atoms with van der Waals surface area (Å²) in [7, 11) is 0. The summed E-state index contributed by atoms with van der Waals surface area (Å²) in [4.78, 5) is 15.9. The maximum absolute atomic E-state index is 11.5. The van der Waals surface area contributed by atoms with Gasteiger partial charge in [0, 0.05) is 5.56 Å². The molecular formula is C18H14N4O4. The van der Waals surface area contributed by atoms with E-state index in [9.17, 15) is 20.1 Å². The van der Waals surface area contributed by atoms with Crippen LogP contribution in [0.25, 0.3) is 11.4 Å². The van der Waals surface area contributed by atoms with Gasteiger partial charge in [0.25, 0.3) is 0 Å². The summed E-state index contributed by atoms with van der Waals surface area (Å²) < 4.78 is 1.54. The first-order valence-corrected chi connectivity index (χ1v) is 7.79. The molecule has 130 valence electrons. The second-order valence-corrected chi connectivity index (χ2v) is 5.77. The highest BCUT2D eigenvalue weighted by Gasteiger charge is 2.28. The quantitative estimate of drug-likeness (QED) is 0.535. The van der Waals surface area contributed by atoms with E-state index in [4.69, 9.17) is 0 Å². The number of aromatic hydroxyl groups is 2. The monoisotopic (exact) mass is 350 g/mol. The number of nitrogens with one attached hydrogen (secondary N) is 1. The Morgan fingerprint density at radius 3 is 2.54 bits per heavy atom. The summed E-state index contributed by atoms with van der Waals surface area (Å²) in [5.41, 5.74) is 1.31. The molecule has 0 fully saturated rings. The summed E-state index contributed by atoms with van der Waals surface area (Å²) >= 11 is 0. The maximum atomic E-state index is 11.5. The van der Waals surface area contributed by atoms with Crippen LogP contribution in [-0.2, 0) is 4.79 Å². The summed E-state index contributed by atoms with van der Waals surface area (Å²) in [5.74, 6) is -0.957. The molecule has 0 unspecified atom stereocenters. The van der Waals surface area contributed by atoms with Crippen LogP contribution >= 0.6 is 0 Å². The van der Waals surface area contributed by atoms with Crippen molar-refractivity contribution in [3.8, 4) is 22.9 Å². The molecule has 0 aliphatic carbocycles. The fourth-order valence-corrected chi connectivity index (χ4v) is 2.79. The average Bonchev–Trinajstić information content (AvgIpc) is 3.08. The number of fused-ring (bicyclic) bond motifs is 1. The van der Waals surface area contributed by atoms with Gasteiger partial charge in [0.05, 0.1) is 0 Å². The lowest BCUT2D eigenvalue weighted by Gasteiger charge is -2.22. The Balaban J connectivity index is 1.84. The van der Waals surface area contributed by atoms with E-state index in [0.717, 1.165) is 5.56 Å². The number of phenolic OH excluding ortho intramolecular Hbond substituents is 2. The molecule has 0 amide bonds. The lowest BCUT2D eigenvalue weighted by atomic mass is 10.0. The van der Waals surface area contributed by atoms with Crippen molar-refractivity contribution in [3.63, 3.8) is 0 Å². The predicted molar refractivity (Wildman–Crippen MR) is 92.7 cm³/mol. The SMILES string of the molecule is O=C(O)C1=C[C@H](c2ccc(O)c(O)c2)n2nc(-c3ccccc3)nc2N1. The lowest BCUT2D eigenvalue weighted by molar-refractivity contribution is -0.132. The van der Waals surface area contributed by atoms with Crippen LogP contribution < -0.4 is 5.32 Å². The van der Waals surface area contributed by atoms with E-state index in [2.05, 4.69) is 15.4 Å². The van der Waals surface area contributed by atoms with Crippen molar-refractivity contribution < 1.29 is 20.1 Å². The van der Waals surface area contributed by atoms with Crippen molar-refractivity contribution in [1.29, 1.82) is 0 Å². The van der Waals surface area contributed by atoms with Gasteiger partial charge in [0.2, 0.25) is 5.95 Å². The van der Waals surface area contributed by atoms with Gasteiger partial charge in [-0.1, -0.05) is 36.4 Å². The fourth-order valence-electron chi connectivity index (χ4n) is 2.79. The van der Waals surface area contributed by atoms with Gasteiger partial charge in [-0.25, -0.2) is 9.48 Å². The number of rotatable bonds is 3. The van der Waals surface area contributed by atoms with Crippen LogP contribution in [0.15, 0.2) is 60.3 Å². The molecular weight excluding hydrogens is 336 g/mol. The topological polar surface area (TPSA) is 120 Å². The third-order valence-corrected chi connectivity index (χ3v) is 4.07. The molecule has 8 heteroatoms. The highest BCUT2D eigenvalue weighted by atomic mass is 16.4. The third-order valence-electron chi connectivity index (χ3n) is 4.07. The van der Waals surface area contributed by atoms with E-state index in [1.807, 2.05) is 30.3 Å². The Hall–Kier alpha value is -3.81. The molecule has 4 N–H and O–H groups in total. The Kier molecular flexibility index (Phi) is 3.58. The van der Waals surface area contributed by atoms with Crippen LogP contribution in [0.5, 0.6) is 11.5 Å². The van der Waals surface area contributed by atoms with E-state index in [0.29, 0.717) is 11.4 Å². The van der Waals surface area contributed by atoms with Gasteiger partial charge in [0.1, 0.15) is 11.7 Å². The minimum absolute atomic E-state index is 0.0397. The zero-order valence-corrected chi connectivity index (χ0v) is 13.4. The molecule has 0 saturated heterocycles. The first-order valence-electron chi connectivity index (χ1n) is 7.79. The van der Waals surface area contributed by atoms with E-state index in [1.165, 1.54) is 18.2 Å². The van der Waals surface area contributed by atoms with E-state index in [1.54, 1.807) is 10.7 Å². The molecule has 0 saturated carbocycles. The number of hydrogen-bond donors (Lipinski definition) is 4. The zero-order chi connectivity index (χ0) is 18.3. The number of hydrogen-bond acceptors (Lipinski definition) is 6. The van der Waals surface area contributed by atoms with E-state index in [-0.39, 0.29) is 23.1 Å². The van der Waals surface area contributed by atoms with Crippen molar-refractivity contribution in [1.82, 2.24) is 14.8 Å². The molecule has 26 heavy (non-hydrogen) atoms. The van der Waals surface area contributed by atoms with Gasteiger partial charge in [-0.15, -0.1) is 5.10 Å². The predicted octanol–water partition coefficient (Wildman–Crippen LogP) is 2.34. The maximum Gasteiger partial charge on any atom is 0.352 e. The van der Waals surface area contributed by atoms with Crippen LogP contribution in [0.3, 0.4) is 0 Å². The molecule has 0 spiro atoms. The molecule has 0 radical (unpaired) electrons. The molecule has 4 rings (SSSR count). The van der Waals surface area contributed by atoms with Crippen molar-refractivity contribution in [2.75, 3.05) is 5.32 Å². The second kappa shape index (κ2) is 5.92. The first kappa shape index (κ1) is 15.7. The molecule has 1 atom stereocenters. The van der Waals surface area contributed by atoms with Crippen molar-refractivity contribution in [2.24, 2.45) is 0 Å². The molecule has 2 aromatic carbocycles. The second-order valence-electron chi connectivity index (χ2n) is 5.77. The van der Waals surface area contributed by atoms with E-state index >= 15 is 0 Å². The Morgan fingerprint density at radius 2 is 1.85 bits per heavy atom.